The lowest BCUT2D eigenvalue weighted by molar-refractivity contribution is -0.124. The van der Waals surface area contributed by atoms with Gasteiger partial charge in [-0.3, -0.25) is 24.2 Å². The number of anilines is 3. The number of para-hydroxylation sites is 1. The third kappa shape index (κ3) is 3.87. The number of hydrogen-bond acceptors (Lipinski definition) is 4. The number of thioether (sulfide) groups is 1. The van der Waals surface area contributed by atoms with Crippen molar-refractivity contribution in [3.63, 3.8) is 0 Å². The van der Waals surface area contributed by atoms with Crippen LogP contribution >= 0.6 is 11.8 Å². The molecule has 35 heavy (non-hydrogen) atoms. The Balaban J connectivity index is 1.46. The first-order valence-electron chi connectivity index (χ1n) is 11.3. The molecule has 0 aromatic heterocycles. The fraction of sp³-hybridized carbons (Fsp3) is 0.222. The van der Waals surface area contributed by atoms with Crippen LogP contribution in [0.5, 0.6) is 0 Å². The van der Waals surface area contributed by atoms with Crippen molar-refractivity contribution in [3.8, 4) is 0 Å². The Morgan fingerprint density at radius 3 is 2.51 bits per heavy atom. The Bertz CT molecular complexity index is 1330. The molecule has 3 aromatic rings. The summed E-state index contributed by atoms with van der Waals surface area (Å²) in [6.07, 6.45) is 0. The van der Waals surface area contributed by atoms with Gasteiger partial charge in [0.15, 0.2) is 0 Å². The number of hydrogen-bond donors (Lipinski definition) is 1. The highest BCUT2D eigenvalue weighted by molar-refractivity contribution is 8.02. The Labute approximate surface area is 207 Å². The molecule has 3 amide bonds. The van der Waals surface area contributed by atoms with Crippen LogP contribution in [0.15, 0.2) is 72.8 Å². The van der Waals surface area contributed by atoms with Gasteiger partial charge < -0.3 is 5.32 Å². The summed E-state index contributed by atoms with van der Waals surface area (Å²) in [6.45, 7) is 3.98. The normalized spacial score (nSPS) is 19.1. The van der Waals surface area contributed by atoms with Crippen molar-refractivity contribution in [2.75, 3.05) is 27.4 Å². The van der Waals surface area contributed by atoms with E-state index in [4.69, 9.17) is 0 Å². The molecular weight excluding hydrogens is 465 g/mol. The molecule has 1 saturated heterocycles. The van der Waals surface area contributed by atoms with Crippen LogP contribution in [0.25, 0.3) is 0 Å². The Hall–Kier alpha value is -3.65. The zero-order valence-corrected chi connectivity index (χ0v) is 20.1. The molecule has 1 fully saturated rings. The van der Waals surface area contributed by atoms with Crippen molar-refractivity contribution >= 4 is 46.5 Å². The van der Waals surface area contributed by atoms with Gasteiger partial charge in [-0.25, -0.2) is 4.39 Å². The third-order valence-electron chi connectivity index (χ3n) is 6.29. The van der Waals surface area contributed by atoms with Gasteiger partial charge in [0.25, 0.3) is 5.91 Å². The number of halogens is 1. The van der Waals surface area contributed by atoms with E-state index in [9.17, 15) is 18.8 Å². The monoisotopic (exact) mass is 489 g/mol. The molecule has 1 spiro atoms. The fourth-order valence-electron chi connectivity index (χ4n) is 4.62. The largest absolute Gasteiger partial charge is 0.325 e. The molecule has 6 nitrogen and oxygen atoms in total. The van der Waals surface area contributed by atoms with E-state index in [1.165, 1.54) is 39.8 Å². The Kier molecular flexibility index (Phi) is 5.84. The van der Waals surface area contributed by atoms with E-state index in [2.05, 4.69) is 19.2 Å². The minimum atomic E-state index is -1.39. The van der Waals surface area contributed by atoms with Crippen molar-refractivity contribution in [2.24, 2.45) is 0 Å². The molecule has 0 aliphatic carbocycles. The molecule has 1 N–H and O–H groups in total. The highest BCUT2D eigenvalue weighted by Gasteiger charge is 2.61. The summed E-state index contributed by atoms with van der Waals surface area (Å²) in [5.41, 5.74) is 3.28. The van der Waals surface area contributed by atoms with Gasteiger partial charge in [-0.05, 0) is 47.9 Å². The molecule has 0 radical (unpaired) electrons. The predicted octanol–water partition coefficient (Wildman–Crippen LogP) is 4.87. The zero-order chi connectivity index (χ0) is 24.7. The van der Waals surface area contributed by atoms with Gasteiger partial charge in [-0.2, -0.15) is 0 Å². The van der Waals surface area contributed by atoms with Gasteiger partial charge >= 0.3 is 0 Å². The lowest BCUT2D eigenvalue weighted by Gasteiger charge is -2.33. The summed E-state index contributed by atoms with van der Waals surface area (Å²) in [5.74, 6) is -1.10. The summed E-state index contributed by atoms with van der Waals surface area (Å²) in [6, 6.07) is 20.4. The fourth-order valence-corrected chi connectivity index (χ4v) is 5.98. The smallest absolute Gasteiger partial charge is 0.269 e. The van der Waals surface area contributed by atoms with Gasteiger partial charge in [0, 0.05) is 16.9 Å². The topological polar surface area (TPSA) is 69.7 Å². The first kappa shape index (κ1) is 23.1. The van der Waals surface area contributed by atoms with E-state index < -0.39 is 16.6 Å². The van der Waals surface area contributed by atoms with E-state index in [1.54, 1.807) is 30.3 Å². The molecule has 8 heteroatoms. The maximum Gasteiger partial charge on any atom is 0.269 e. The lowest BCUT2D eigenvalue weighted by Crippen LogP contribution is -2.50. The van der Waals surface area contributed by atoms with Crippen molar-refractivity contribution in [3.05, 3.63) is 89.7 Å². The Morgan fingerprint density at radius 2 is 1.80 bits per heavy atom. The first-order valence-corrected chi connectivity index (χ1v) is 12.3. The maximum atomic E-state index is 14.0. The molecule has 5 rings (SSSR count). The minimum Gasteiger partial charge on any atom is -0.325 e. The van der Waals surface area contributed by atoms with Crippen LogP contribution in [-0.4, -0.2) is 30.0 Å². The second kappa shape index (κ2) is 8.85. The molecule has 0 bridgehead atoms. The van der Waals surface area contributed by atoms with Gasteiger partial charge in [-0.1, -0.05) is 50.2 Å². The quantitative estimate of drug-likeness (QED) is 0.555. The summed E-state index contributed by atoms with van der Waals surface area (Å²) in [4.78, 5) is 41.3. The first-order chi connectivity index (χ1) is 16.8. The van der Waals surface area contributed by atoms with E-state index >= 15 is 0 Å². The van der Waals surface area contributed by atoms with Crippen molar-refractivity contribution in [1.29, 1.82) is 0 Å². The van der Waals surface area contributed by atoms with Crippen LogP contribution in [0.3, 0.4) is 0 Å². The summed E-state index contributed by atoms with van der Waals surface area (Å²) >= 11 is 1.19. The molecule has 0 saturated carbocycles. The standard InChI is InChI=1S/C27H24FN3O3S/c1-17(2)18-10-12-20(13-11-18)29-24(32)15-30-23-9-4-3-8-22(23)27(26(30)34)31(25(33)16-35-27)21-7-5-6-19(28)14-21/h3-14,17H,15-16H2,1-2H3,(H,29,32). The average Bonchev–Trinajstić information content (AvgIpc) is 3.30. The van der Waals surface area contributed by atoms with Crippen LogP contribution in [0.4, 0.5) is 21.5 Å². The van der Waals surface area contributed by atoms with Gasteiger partial charge in [0.2, 0.25) is 16.7 Å². The molecule has 3 aromatic carbocycles. The SMILES string of the molecule is CC(C)c1ccc(NC(=O)CN2C(=O)C3(SCC(=O)N3c3cccc(F)c3)c3ccccc32)cc1. The van der Waals surface area contributed by atoms with E-state index in [-0.39, 0.29) is 24.1 Å². The van der Waals surface area contributed by atoms with Gasteiger partial charge in [-0.15, -0.1) is 11.8 Å². The number of rotatable bonds is 5. The van der Waals surface area contributed by atoms with Crippen molar-refractivity contribution < 1.29 is 18.8 Å². The predicted molar refractivity (Wildman–Crippen MR) is 136 cm³/mol. The minimum absolute atomic E-state index is 0.0683. The summed E-state index contributed by atoms with van der Waals surface area (Å²) < 4.78 is 14.0. The molecule has 2 aliphatic rings. The second-order valence-electron chi connectivity index (χ2n) is 8.88. The van der Waals surface area contributed by atoms with Crippen LogP contribution in [0, 0.1) is 5.82 Å². The lowest BCUT2D eigenvalue weighted by atomic mass is 10.0. The highest BCUT2D eigenvalue weighted by Crippen LogP contribution is 2.55. The number of fused-ring (bicyclic) bond motifs is 2. The number of carbonyl (C=O) groups excluding carboxylic acids is 3. The summed E-state index contributed by atoms with van der Waals surface area (Å²) in [7, 11) is 0. The second-order valence-corrected chi connectivity index (χ2v) is 10.0. The molecule has 2 heterocycles. The van der Waals surface area contributed by atoms with Crippen LogP contribution in [0.2, 0.25) is 0 Å². The maximum absolute atomic E-state index is 14.0. The Morgan fingerprint density at radius 1 is 1.06 bits per heavy atom. The number of carbonyl (C=O) groups is 3. The number of nitrogens with zero attached hydrogens (tertiary/aromatic N) is 2. The number of benzene rings is 3. The van der Waals surface area contributed by atoms with Crippen molar-refractivity contribution in [2.45, 2.75) is 24.6 Å². The van der Waals surface area contributed by atoms with Crippen LogP contribution in [0.1, 0.15) is 30.9 Å². The molecule has 178 valence electrons. The van der Waals surface area contributed by atoms with E-state index in [1.807, 2.05) is 24.3 Å². The zero-order valence-electron chi connectivity index (χ0n) is 19.3. The average molecular weight is 490 g/mol. The number of amides is 3. The number of nitrogens with one attached hydrogen (secondary N) is 1. The molecule has 2 aliphatic heterocycles. The van der Waals surface area contributed by atoms with Gasteiger partial charge in [0.05, 0.1) is 11.4 Å². The van der Waals surface area contributed by atoms with Crippen LogP contribution in [-0.2, 0) is 19.3 Å². The van der Waals surface area contributed by atoms with E-state index in [0.717, 1.165) is 5.56 Å². The summed E-state index contributed by atoms with van der Waals surface area (Å²) in [5, 5.41) is 2.85. The van der Waals surface area contributed by atoms with Crippen molar-refractivity contribution in [1.82, 2.24) is 0 Å². The molecule has 1 atom stereocenters. The molecule has 1 unspecified atom stereocenters. The molecular formula is C27H24FN3O3S. The van der Waals surface area contributed by atoms with Crippen LogP contribution < -0.4 is 15.1 Å². The highest BCUT2D eigenvalue weighted by atomic mass is 32.2. The van der Waals surface area contributed by atoms with Gasteiger partial charge in [0.1, 0.15) is 12.4 Å². The van der Waals surface area contributed by atoms with E-state index in [0.29, 0.717) is 28.5 Å². The third-order valence-corrected chi connectivity index (χ3v) is 7.68.